The molecular weight excluding hydrogens is 358 g/mol. The van der Waals surface area contributed by atoms with E-state index in [0.29, 0.717) is 0 Å². The summed E-state index contributed by atoms with van der Waals surface area (Å²) in [5.74, 6) is 0. The Labute approximate surface area is 171 Å². The van der Waals surface area contributed by atoms with Crippen LogP contribution in [0.25, 0.3) is 27.7 Å². The molecule has 0 saturated carbocycles. The Morgan fingerprint density at radius 1 is 0.897 bits per heavy atom. The van der Waals surface area contributed by atoms with Crippen molar-refractivity contribution < 1.29 is 0 Å². The molecular formula is C24H27N5. The first-order valence-electron chi connectivity index (χ1n) is 10.4. The van der Waals surface area contributed by atoms with Crippen LogP contribution >= 0.6 is 0 Å². The zero-order valence-corrected chi connectivity index (χ0v) is 16.9. The molecule has 29 heavy (non-hydrogen) atoms. The van der Waals surface area contributed by atoms with E-state index in [1.165, 1.54) is 16.5 Å². The van der Waals surface area contributed by atoms with Crippen LogP contribution in [0, 0.1) is 0 Å². The van der Waals surface area contributed by atoms with Crippen molar-refractivity contribution in [1.82, 2.24) is 19.2 Å². The lowest BCUT2D eigenvalue weighted by Crippen LogP contribution is -2.45. The number of benzene rings is 2. The monoisotopic (exact) mass is 385 g/mol. The van der Waals surface area contributed by atoms with E-state index in [1.54, 1.807) is 0 Å². The van der Waals surface area contributed by atoms with Crippen molar-refractivity contribution in [1.29, 1.82) is 0 Å². The highest BCUT2D eigenvalue weighted by molar-refractivity contribution is 5.87. The van der Waals surface area contributed by atoms with Crippen molar-refractivity contribution >= 4 is 22.1 Å². The second kappa shape index (κ2) is 7.50. The third kappa shape index (κ3) is 3.48. The summed E-state index contributed by atoms with van der Waals surface area (Å²) in [6.07, 6.45) is 2.00. The third-order valence-corrected chi connectivity index (χ3v) is 6.05. The summed E-state index contributed by atoms with van der Waals surface area (Å²) in [4.78, 5) is 10.0. The van der Waals surface area contributed by atoms with Crippen LogP contribution in [0.2, 0.25) is 0 Å². The molecule has 5 rings (SSSR count). The highest BCUT2D eigenvalue weighted by Crippen LogP contribution is 2.29. The summed E-state index contributed by atoms with van der Waals surface area (Å²) in [6.45, 7) is 8.66. The van der Waals surface area contributed by atoms with Gasteiger partial charge in [0.1, 0.15) is 5.65 Å². The van der Waals surface area contributed by atoms with Crippen LogP contribution in [0.4, 0.5) is 5.69 Å². The van der Waals surface area contributed by atoms with Gasteiger partial charge >= 0.3 is 0 Å². The Balaban J connectivity index is 1.58. The zero-order chi connectivity index (χ0) is 19.8. The summed E-state index contributed by atoms with van der Waals surface area (Å²) in [5, 5.41) is 2.49. The van der Waals surface area contributed by atoms with Crippen LogP contribution in [0.15, 0.2) is 60.8 Å². The van der Waals surface area contributed by atoms with Crippen LogP contribution in [0.1, 0.15) is 12.6 Å². The molecule has 5 heteroatoms. The molecule has 2 aromatic carbocycles. The maximum Gasteiger partial charge on any atom is 0.137 e. The van der Waals surface area contributed by atoms with Gasteiger partial charge in [-0.2, -0.15) is 0 Å². The molecule has 0 atom stereocenters. The average Bonchev–Trinajstić information content (AvgIpc) is 3.11. The molecule has 0 spiro atoms. The molecule has 0 bridgehead atoms. The van der Waals surface area contributed by atoms with Gasteiger partial charge in [0.15, 0.2) is 0 Å². The maximum absolute atomic E-state index is 6.12. The van der Waals surface area contributed by atoms with E-state index in [4.69, 9.17) is 10.7 Å². The zero-order valence-electron chi connectivity index (χ0n) is 16.9. The van der Waals surface area contributed by atoms with Crippen LogP contribution in [0.3, 0.4) is 0 Å². The number of fused-ring (bicyclic) bond motifs is 2. The second-order valence-electron chi connectivity index (χ2n) is 7.87. The highest BCUT2D eigenvalue weighted by atomic mass is 15.3. The average molecular weight is 386 g/mol. The molecule has 1 aliphatic rings. The molecule has 0 radical (unpaired) electrons. The lowest BCUT2D eigenvalue weighted by Gasteiger charge is -2.34. The number of aromatic nitrogens is 2. The Hall–Kier alpha value is -2.89. The topological polar surface area (TPSA) is 49.8 Å². The minimum atomic E-state index is 0.761. The minimum Gasteiger partial charge on any atom is -0.398 e. The second-order valence-corrected chi connectivity index (χ2v) is 7.87. The van der Waals surface area contributed by atoms with Crippen LogP contribution < -0.4 is 5.73 Å². The van der Waals surface area contributed by atoms with Gasteiger partial charge in [-0.25, -0.2) is 4.98 Å². The summed E-state index contributed by atoms with van der Waals surface area (Å²) in [5.41, 5.74) is 11.3. The van der Waals surface area contributed by atoms with Crippen molar-refractivity contribution in [3.8, 4) is 11.3 Å². The first kappa shape index (κ1) is 18.2. The number of piperazine rings is 1. The van der Waals surface area contributed by atoms with Crippen molar-refractivity contribution in [2.75, 3.05) is 38.5 Å². The van der Waals surface area contributed by atoms with E-state index in [2.05, 4.69) is 63.6 Å². The van der Waals surface area contributed by atoms with Crippen molar-refractivity contribution in [3.05, 3.63) is 66.5 Å². The van der Waals surface area contributed by atoms with Gasteiger partial charge in [0.05, 0.1) is 11.4 Å². The van der Waals surface area contributed by atoms with Crippen molar-refractivity contribution in [3.63, 3.8) is 0 Å². The van der Waals surface area contributed by atoms with E-state index in [9.17, 15) is 0 Å². The fourth-order valence-electron chi connectivity index (χ4n) is 4.30. The molecule has 2 aromatic heterocycles. The van der Waals surface area contributed by atoms with Crippen molar-refractivity contribution in [2.45, 2.75) is 13.5 Å². The van der Waals surface area contributed by atoms with Gasteiger partial charge in [-0.05, 0) is 35.5 Å². The lowest BCUT2D eigenvalue weighted by atomic mass is 10.0. The number of pyridine rings is 1. The van der Waals surface area contributed by atoms with E-state index >= 15 is 0 Å². The molecule has 1 saturated heterocycles. The summed E-state index contributed by atoms with van der Waals surface area (Å²) < 4.78 is 2.17. The minimum absolute atomic E-state index is 0.761. The molecule has 1 aliphatic heterocycles. The summed E-state index contributed by atoms with van der Waals surface area (Å²) in [7, 11) is 0. The molecule has 4 aromatic rings. The fraction of sp³-hybridized carbons (Fsp3) is 0.292. The molecule has 2 N–H and O–H groups in total. The number of nitrogen functional groups attached to an aromatic ring is 1. The number of hydrogen-bond donors (Lipinski definition) is 1. The molecule has 148 valence electrons. The Morgan fingerprint density at radius 3 is 2.45 bits per heavy atom. The Morgan fingerprint density at radius 2 is 1.66 bits per heavy atom. The Kier molecular flexibility index (Phi) is 4.70. The Bertz CT molecular complexity index is 1150. The predicted molar refractivity (Wildman–Crippen MR) is 120 cm³/mol. The van der Waals surface area contributed by atoms with Gasteiger partial charge < -0.3 is 15.0 Å². The van der Waals surface area contributed by atoms with E-state index in [0.717, 1.165) is 61.9 Å². The van der Waals surface area contributed by atoms with Gasteiger partial charge in [-0.1, -0.05) is 43.3 Å². The van der Waals surface area contributed by atoms with Crippen molar-refractivity contribution in [2.24, 2.45) is 0 Å². The van der Waals surface area contributed by atoms with Gasteiger partial charge in [-0.3, -0.25) is 4.90 Å². The SMILES string of the molecule is CCN1CCN(Cc2c(-c3ccc4ccccc4c3)nc3ccc(N)cn23)CC1. The van der Waals surface area contributed by atoms with Crippen LogP contribution in [-0.4, -0.2) is 51.9 Å². The summed E-state index contributed by atoms with van der Waals surface area (Å²) in [6, 6.07) is 19.0. The smallest absolute Gasteiger partial charge is 0.137 e. The predicted octanol–water partition coefficient (Wildman–Crippen LogP) is 3.87. The quantitative estimate of drug-likeness (QED) is 0.579. The molecule has 3 heterocycles. The van der Waals surface area contributed by atoms with E-state index in [-0.39, 0.29) is 0 Å². The molecule has 5 nitrogen and oxygen atoms in total. The molecule has 0 aliphatic carbocycles. The van der Waals surface area contributed by atoms with E-state index < -0.39 is 0 Å². The number of likely N-dealkylation sites (N-methyl/N-ethyl adjacent to an activating group) is 1. The molecule has 0 unspecified atom stereocenters. The summed E-state index contributed by atoms with van der Waals surface area (Å²) >= 11 is 0. The fourth-order valence-corrected chi connectivity index (χ4v) is 4.30. The number of nitrogens with zero attached hydrogens (tertiary/aromatic N) is 4. The van der Waals surface area contributed by atoms with Gasteiger partial charge in [-0.15, -0.1) is 0 Å². The third-order valence-electron chi connectivity index (χ3n) is 6.05. The number of nitrogens with two attached hydrogens (primary N) is 1. The normalized spacial score (nSPS) is 16.0. The maximum atomic E-state index is 6.12. The number of hydrogen-bond acceptors (Lipinski definition) is 4. The largest absolute Gasteiger partial charge is 0.398 e. The first-order chi connectivity index (χ1) is 14.2. The van der Waals surface area contributed by atoms with Gasteiger partial charge in [0.2, 0.25) is 0 Å². The van der Waals surface area contributed by atoms with Crippen LogP contribution in [-0.2, 0) is 6.54 Å². The molecule has 0 amide bonds. The van der Waals surface area contributed by atoms with Gasteiger partial charge in [0.25, 0.3) is 0 Å². The number of anilines is 1. The number of imidazole rings is 1. The van der Waals surface area contributed by atoms with E-state index in [1.807, 2.05) is 18.3 Å². The molecule has 1 fully saturated rings. The van der Waals surface area contributed by atoms with Crippen LogP contribution in [0.5, 0.6) is 0 Å². The number of rotatable bonds is 4. The lowest BCUT2D eigenvalue weighted by molar-refractivity contribution is 0.131. The highest BCUT2D eigenvalue weighted by Gasteiger charge is 2.21. The standard InChI is InChI=1S/C24H27N5/c1-2-27-11-13-28(14-12-27)17-22-24(26-23-10-9-21(25)16-29(22)23)20-8-7-18-5-3-4-6-19(18)15-20/h3-10,15-16H,2,11-14,17,25H2,1H3. The van der Waals surface area contributed by atoms with Gasteiger partial charge in [0, 0.05) is 50.2 Å². The first-order valence-corrected chi connectivity index (χ1v) is 10.4.